The van der Waals surface area contributed by atoms with Crippen LogP contribution in [-0.2, 0) is 9.59 Å². The lowest BCUT2D eigenvalue weighted by atomic mass is 9.94. The van der Waals surface area contributed by atoms with Crippen molar-refractivity contribution in [1.82, 2.24) is 0 Å². The number of hydrogen-bond donors (Lipinski definition) is 1. The molecule has 0 saturated carbocycles. The number of ketones is 1. The molecule has 0 radical (unpaired) electrons. The number of halogens is 1. The third kappa shape index (κ3) is 3.21. The molecule has 0 spiro atoms. The molecule has 0 aromatic heterocycles. The average Bonchev–Trinajstić information content (AvgIpc) is 3.00. The Labute approximate surface area is 167 Å². The monoisotopic (exact) mass is 387 g/mol. The van der Waals surface area contributed by atoms with Crippen molar-refractivity contribution in [3.8, 4) is 0 Å². The molecule has 29 heavy (non-hydrogen) atoms. The average molecular weight is 387 g/mol. The Balaban J connectivity index is 1.97. The summed E-state index contributed by atoms with van der Waals surface area (Å²) in [6.07, 6.45) is 0. The highest BCUT2D eigenvalue weighted by atomic mass is 19.1. The van der Waals surface area contributed by atoms with Crippen molar-refractivity contribution in [2.24, 2.45) is 0 Å². The third-order valence-electron chi connectivity index (χ3n) is 5.00. The van der Waals surface area contributed by atoms with Gasteiger partial charge in [0.25, 0.3) is 11.7 Å². The molecule has 1 fully saturated rings. The molecule has 5 heteroatoms. The van der Waals surface area contributed by atoms with Crippen LogP contribution in [0.1, 0.15) is 22.7 Å². The van der Waals surface area contributed by atoms with E-state index in [2.05, 4.69) is 0 Å². The first-order valence-corrected chi connectivity index (χ1v) is 9.16. The molecule has 1 N–H and O–H groups in total. The van der Waals surface area contributed by atoms with Gasteiger partial charge >= 0.3 is 0 Å². The minimum Gasteiger partial charge on any atom is -0.507 e. The molecule has 1 heterocycles. The first-order chi connectivity index (χ1) is 14.0. The number of carbonyl (C=O) groups is 2. The molecule has 144 valence electrons. The minimum atomic E-state index is -1.07. The number of carbonyl (C=O) groups excluding carboxylic acids is 2. The molecule has 0 bridgehead atoms. The van der Waals surface area contributed by atoms with Gasteiger partial charge in [-0.3, -0.25) is 14.5 Å². The fourth-order valence-corrected chi connectivity index (χ4v) is 3.55. The van der Waals surface area contributed by atoms with Gasteiger partial charge in [-0.15, -0.1) is 0 Å². The Bertz CT molecular complexity index is 1120. The van der Waals surface area contributed by atoms with Crippen LogP contribution >= 0.6 is 0 Å². The first kappa shape index (κ1) is 18.6. The van der Waals surface area contributed by atoms with Crippen molar-refractivity contribution in [3.63, 3.8) is 0 Å². The van der Waals surface area contributed by atoms with Crippen molar-refractivity contribution in [1.29, 1.82) is 0 Å². The van der Waals surface area contributed by atoms with Crippen molar-refractivity contribution in [2.45, 2.75) is 13.0 Å². The number of rotatable bonds is 3. The Morgan fingerprint density at radius 2 is 1.52 bits per heavy atom. The van der Waals surface area contributed by atoms with Gasteiger partial charge in [-0.2, -0.15) is 0 Å². The molecule has 4 rings (SSSR count). The number of nitrogens with zero attached hydrogens (tertiary/aromatic N) is 1. The van der Waals surface area contributed by atoms with Gasteiger partial charge in [-0.25, -0.2) is 4.39 Å². The second-order valence-corrected chi connectivity index (χ2v) is 6.89. The van der Waals surface area contributed by atoms with Crippen molar-refractivity contribution in [2.75, 3.05) is 4.90 Å². The number of Topliss-reactive ketones (excluding diaryl/α,β-unsaturated/α-hetero) is 1. The van der Waals surface area contributed by atoms with Crippen LogP contribution in [0.4, 0.5) is 10.1 Å². The van der Waals surface area contributed by atoms with Crippen molar-refractivity contribution < 1.29 is 19.1 Å². The van der Waals surface area contributed by atoms with Crippen molar-refractivity contribution >= 4 is 23.1 Å². The van der Waals surface area contributed by atoms with Gasteiger partial charge in [-0.05, 0) is 25.1 Å². The number of hydrogen-bond acceptors (Lipinski definition) is 3. The smallest absolute Gasteiger partial charge is 0.300 e. The Kier molecular flexibility index (Phi) is 4.72. The highest BCUT2D eigenvalue weighted by Gasteiger charge is 2.47. The number of aliphatic hydroxyl groups is 1. The van der Waals surface area contributed by atoms with Gasteiger partial charge in [-0.1, -0.05) is 66.2 Å². The summed E-state index contributed by atoms with van der Waals surface area (Å²) in [5, 5.41) is 10.9. The van der Waals surface area contributed by atoms with Crippen LogP contribution in [0.15, 0.2) is 84.4 Å². The summed E-state index contributed by atoms with van der Waals surface area (Å²) >= 11 is 0. The summed E-state index contributed by atoms with van der Waals surface area (Å²) in [6, 6.07) is 20.4. The van der Waals surface area contributed by atoms with Gasteiger partial charge in [0, 0.05) is 16.8 Å². The van der Waals surface area contributed by atoms with E-state index < -0.39 is 23.5 Å². The summed E-state index contributed by atoms with van der Waals surface area (Å²) in [6.45, 7) is 1.90. The van der Waals surface area contributed by atoms with E-state index in [9.17, 15) is 19.1 Å². The number of anilines is 1. The predicted octanol–water partition coefficient (Wildman–Crippen LogP) is 4.76. The highest BCUT2D eigenvalue weighted by Crippen LogP contribution is 2.42. The highest BCUT2D eigenvalue weighted by molar-refractivity contribution is 6.51. The van der Waals surface area contributed by atoms with Gasteiger partial charge in [0.2, 0.25) is 0 Å². The van der Waals surface area contributed by atoms with E-state index in [1.54, 1.807) is 48.5 Å². The molecule has 0 aliphatic carbocycles. The lowest BCUT2D eigenvalue weighted by Crippen LogP contribution is -2.29. The molecule has 1 atom stereocenters. The maximum atomic E-state index is 14.7. The second kappa shape index (κ2) is 7.36. The molecule has 1 aliphatic rings. The van der Waals surface area contributed by atoms with E-state index in [1.807, 2.05) is 19.1 Å². The summed E-state index contributed by atoms with van der Waals surface area (Å²) in [7, 11) is 0. The van der Waals surface area contributed by atoms with Crippen LogP contribution in [0.2, 0.25) is 0 Å². The Hall–Kier alpha value is -3.73. The van der Waals surface area contributed by atoms with E-state index in [-0.39, 0.29) is 16.9 Å². The van der Waals surface area contributed by atoms with Gasteiger partial charge < -0.3 is 5.11 Å². The van der Waals surface area contributed by atoms with Crippen LogP contribution in [0.5, 0.6) is 0 Å². The van der Waals surface area contributed by atoms with Gasteiger partial charge in [0.1, 0.15) is 11.6 Å². The zero-order chi connectivity index (χ0) is 20.5. The van der Waals surface area contributed by atoms with E-state index in [1.165, 1.54) is 23.1 Å². The molecule has 4 nitrogen and oxygen atoms in total. The fraction of sp³-hybridized carbons (Fsp3) is 0.0833. The van der Waals surface area contributed by atoms with Crippen molar-refractivity contribution in [3.05, 3.63) is 107 Å². The van der Waals surface area contributed by atoms with Crippen LogP contribution in [0, 0.1) is 12.7 Å². The maximum Gasteiger partial charge on any atom is 0.300 e. The molecule has 1 amide bonds. The summed E-state index contributed by atoms with van der Waals surface area (Å²) < 4.78 is 14.7. The fourth-order valence-electron chi connectivity index (χ4n) is 3.55. The maximum absolute atomic E-state index is 14.7. The topological polar surface area (TPSA) is 57.6 Å². The molecular weight excluding hydrogens is 369 g/mol. The van der Waals surface area contributed by atoms with Crippen LogP contribution in [0.3, 0.4) is 0 Å². The lowest BCUT2D eigenvalue weighted by molar-refractivity contribution is -0.132. The van der Waals surface area contributed by atoms with E-state index in [0.717, 1.165) is 5.56 Å². The number of benzene rings is 3. The molecule has 3 aromatic rings. The second-order valence-electron chi connectivity index (χ2n) is 6.89. The van der Waals surface area contributed by atoms with E-state index in [4.69, 9.17) is 0 Å². The zero-order valence-electron chi connectivity index (χ0n) is 15.7. The molecule has 3 aromatic carbocycles. The van der Waals surface area contributed by atoms with E-state index in [0.29, 0.717) is 11.3 Å². The first-order valence-electron chi connectivity index (χ1n) is 9.16. The SMILES string of the molecule is Cc1ccc(N2C(=O)C(=O)/C(=C(\O)c3ccccc3)C2c2ccccc2F)cc1. The van der Waals surface area contributed by atoms with Gasteiger partial charge in [0.15, 0.2) is 0 Å². The zero-order valence-corrected chi connectivity index (χ0v) is 15.7. The number of aliphatic hydroxyl groups excluding tert-OH is 1. The van der Waals surface area contributed by atoms with Crippen LogP contribution in [0.25, 0.3) is 5.76 Å². The molecule has 1 saturated heterocycles. The molecule has 1 aliphatic heterocycles. The largest absolute Gasteiger partial charge is 0.507 e. The standard InChI is InChI=1S/C24H18FNO3/c1-15-11-13-17(14-12-15)26-21(18-9-5-6-10-19(18)25)20(23(28)24(26)29)22(27)16-7-3-2-4-8-16/h2-14,21,27H,1H3/b22-20-. The number of amides is 1. The van der Waals surface area contributed by atoms with E-state index >= 15 is 0 Å². The van der Waals surface area contributed by atoms with Crippen LogP contribution < -0.4 is 4.90 Å². The normalized spacial score (nSPS) is 18.3. The predicted molar refractivity (Wildman–Crippen MR) is 109 cm³/mol. The molecule has 1 unspecified atom stereocenters. The van der Waals surface area contributed by atoms with Gasteiger partial charge in [0.05, 0.1) is 11.6 Å². The van der Waals surface area contributed by atoms with Crippen LogP contribution in [-0.4, -0.2) is 16.8 Å². The Morgan fingerprint density at radius 3 is 2.17 bits per heavy atom. The Morgan fingerprint density at radius 1 is 0.897 bits per heavy atom. The lowest BCUT2D eigenvalue weighted by Gasteiger charge is -2.25. The summed E-state index contributed by atoms with van der Waals surface area (Å²) in [4.78, 5) is 27.1. The quantitative estimate of drug-likeness (QED) is 0.400. The third-order valence-corrected chi connectivity index (χ3v) is 5.00. The molecular formula is C24H18FNO3. The summed E-state index contributed by atoms with van der Waals surface area (Å²) in [5.74, 6) is -2.54. The minimum absolute atomic E-state index is 0.133. The number of aryl methyl sites for hydroxylation is 1. The summed E-state index contributed by atoms with van der Waals surface area (Å²) in [5.41, 5.74) is 1.84.